The summed E-state index contributed by atoms with van der Waals surface area (Å²) in [6, 6.07) is 3.62. The van der Waals surface area contributed by atoms with Crippen LogP contribution in [0.25, 0.3) is 11.0 Å². The number of aliphatic carboxylic acids is 1. The van der Waals surface area contributed by atoms with Gasteiger partial charge in [-0.15, -0.1) is 0 Å². The fourth-order valence-electron chi connectivity index (χ4n) is 2.96. The van der Waals surface area contributed by atoms with Crippen LogP contribution in [-0.2, 0) is 14.4 Å². The van der Waals surface area contributed by atoms with E-state index in [9.17, 15) is 24.3 Å². The van der Waals surface area contributed by atoms with E-state index in [2.05, 4.69) is 10.6 Å². The molecule has 2 aromatic rings. The van der Waals surface area contributed by atoms with E-state index in [1.165, 1.54) is 6.07 Å². The van der Waals surface area contributed by atoms with Crippen molar-refractivity contribution in [2.24, 2.45) is 5.92 Å². The summed E-state index contributed by atoms with van der Waals surface area (Å²) < 4.78 is 10.8. The molecule has 0 spiro atoms. The summed E-state index contributed by atoms with van der Waals surface area (Å²) >= 11 is 0. The third kappa shape index (κ3) is 5.82. The molecule has 2 rings (SSSR count). The highest BCUT2D eigenvalue weighted by molar-refractivity contribution is 5.89. The zero-order valence-corrected chi connectivity index (χ0v) is 17.4. The average molecular weight is 417 g/mol. The monoisotopic (exact) mass is 417 g/mol. The molecule has 0 aliphatic carbocycles. The smallest absolute Gasteiger partial charge is 0.336 e. The maximum absolute atomic E-state index is 12.1. The number of fused-ring (bicyclic) bond motifs is 1. The Hall–Kier alpha value is -3.36. The third-order valence-electron chi connectivity index (χ3n) is 4.74. The minimum absolute atomic E-state index is 0.309. The molecule has 0 radical (unpaired) electrons. The highest BCUT2D eigenvalue weighted by Gasteiger charge is 2.20. The van der Waals surface area contributed by atoms with E-state index in [4.69, 9.17) is 9.15 Å². The van der Waals surface area contributed by atoms with Crippen molar-refractivity contribution in [1.82, 2.24) is 10.6 Å². The lowest BCUT2D eigenvalue weighted by molar-refractivity contribution is -0.309. The summed E-state index contributed by atoms with van der Waals surface area (Å²) in [5.74, 6) is -2.52. The van der Waals surface area contributed by atoms with Gasteiger partial charge in [-0.25, -0.2) is 4.79 Å². The number of carboxylic acid groups (broad SMARTS) is 1. The van der Waals surface area contributed by atoms with Crippen LogP contribution >= 0.6 is 0 Å². The highest BCUT2D eigenvalue weighted by atomic mass is 16.5. The Bertz CT molecular complexity index is 1010. The zero-order valence-electron chi connectivity index (χ0n) is 17.4. The van der Waals surface area contributed by atoms with Gasteiger partial charge in [-0.1, -0.05) is 20.3 Å². The van der Waals surface area contributed by atoms with Crippen LogP contribution in [0.3, 0.4) is 0 Å². The lowest BCUT2D eigenvalue weighted by Gasteiger charge is -2.25. The first-order chi connectivity index (χ1) is 14.1. The molecule has 0 saturated heterocycles. The molecule has 1 aromatic carbocycles. The summed E-state index contributed by atoms with van der Waals surface area (Å²) in [6.07, 6.45) is 0.545. The van der Waals surface area contributed by atoms with Gasteiger partial charge < -0.3 is 29.7 Å². The van der Waals surface area contributed by atoms with E-state index in [0.717, 1.165) is 5.56 Å². The summed E-state index contributed by atoms with van der Waals surface area (Å²) in [5, 5.41) is 16.5. The second-order valence-electron chi connectivity index (χ2n) is 7.20. The standard InChI is InChI=1S/C21H26N2O7/c1-5-12(3)20(21(27)28)23-16(24)9-22-17(25)10-29-14-6-11(2)7-15-19(14)13(4)8-18(26)30-15/h6-8,12,20H,5,9-10H2,1-4H3,(H,22,25)(H,23,24)(H,27,28)/p-1/t12-,20-/m0/s1. The highest BCUT2D eigenvalue weighted by Crippen LogP contribution is 2.29. The van der Waals surface area contributed by atoms with E-state index in [-0.39, 0.29) is 12.5 Å². The van der Waals surface area contributed by atoms with Gasteiger partial charge in [0.15, 0.2) is 6.61 Å². The van der Waals surface area contributed by atoms with Crippen molar-refractivity contribution < 1.29 is 28.6 Å². The Labute approximate surface area is 173 Å². The van der Waals surface area contributed by atoms with Gasteiger partial charge in [0.1, 0.15) is 11.3 Å². The first kappa shape index (κ1) is 22.9. The van der Waals surface area contributed by atoms with Crippen LogP contribution in [0, 0.1) is 19.8 Å². The first-order valence-corrected chi connectivity index (χ1v) is 9.57. The van der Waals surface area contributed by atoms with Crippen molar-refractivity contribution >= 4 is 28.8 Å². The van der Waals surface area contributed by atoms with Gasteiger partial charge in [0.2, 0.25) is 5.91 Å². The fraction of sp³-hybridized carbons (Fsp3) is 0.429. The van der Waals surface area contributed by atoms with Gasteiger partial charge in [-0.2, -0.15) is 0 Å². The van der Waals surface area contributed by atoms with Crippen molar-refractivity contribution in [3.63, 3.8) is 0 Å². The summed E-state index contributed by atoms with van der Waals surface area (Å²) in [7, 11) is 0. The topological polar surface area (TPSA) is 138 Å². The van der Waals surface area contributed by atoms with Crippen molar-refractivity contribution in [3.8, 4) is 5.75 Å². The fourth-order valence-corrected chi connectivity index (χ4v) is 2.96. The molecule has 9 nitrogen and oxygen atoms in total. The molecule has 2 atom stereocenters. The van der Waals surface area contributed by atoms with Crippen molar-refractivity contribution in [3.05, 3.63) is 39.7 Å². The predicted octanol–water partition coefficient (Wildman–Crippen LogP) is 0.186. The maximum atomic E-state index is 12.1. The molecule has 0 aliphatic rings. The number of amides is 2. The summed E-state index contributed by atoms with van der Waals surface area (Å²) in [5.41, 5.74) is 1.31. The van der Waals surface area contributed by atoms with Crippen LogP contribution in [0.5, 0.6) is 5.75 Å². The lowest BCUT2D eigenvalue weighted by atomic mass is 9.99. The van der Waals surface area contributed by atoms with Crippen LogP contribution in [0.2, 0.25) is 0 Å². The molecular formula is C21H25N2O7-. The Morgan fingerprint density at radius 3 is 2.50 bits per heavy atom. The second-order valence-corrected chi connectivity index (χ2v) is 7.20. The van der Waals surface area contributed by atoms with Crippen LogP contribution in [-0.4, -0.2) is 37.0 Å². The Morgan fingerprint density at radius 2 is 1.87 bits per heavy atom. The van der Waals surface area contributed by atoms with Gasteiger partial charge in [0.05, 0.1) is 23.9 Å². The number of ether oxygens (including phenoxy) is 1. The number of rotatable bonds is 9. The molecule has 0 aliphatic heterocycles. The van der Waals surface area contributed by atoms with E-state index in [1.807, 2.05) is 0 Å². The number of carbonyl (C=O) groups excluding carboxylic acids is 3. The Balaban J connectivity index is 1.98. The molecule has 162 valence electrons. The predicted molar refractivity (Wildman–Crippen MR) is 107 cm³/mol. The van der Waals surface area contributed by atoms with Crippen molar-refractivity contribution in [2.45, 2.75) is 40.2 Å². The summed E-state index contributed by atoms with van der Waals surface area (Å²) in [6.45, 7) is 6.24. The number of hydrogen-bond acceptors (Lipinski definition) is 7. The third-order valence-corrected chi connectivity index (χ3v) is 4.74. The molecular weight excluding hydrogens is 392 g/mol. The van der Waals surface area contributed by atoms with Crippen LogP contribution in [0.4, 0.5) is 0 Å². The largest absolute Gasteiger partial charge is 0.548 e. The molecule has 1 heterocycles. The molecule has 1 aromatic heterocycles. The molecule has 2 amide bonds. The molecule has 30 heavy (non-hydrogen) atoms. The van der Waals surface area contributed by atoms with Crippen molar-refractivity contribution in [2.75, 3.05) is 13.2 Å². The minimum Gasteiger partial charge on any atom is -0.548 e. The molecule has 0 unspecified atom stereocenters. The molecule has 0 fully saturated rings. The second kappa shape index (κ2) is 9.91. The van der Waals surface area contributed by atoms with E-state index < -0.39 is 36.0 Å². The normalized spacial score (nSPS) is 12.8. The van der Waals surface area contributed by atoms with Gasteiger partial charge >= 0.3 is 5.63 Å². The van der Waals surface area contributed by atoms with Crippen LogP contribution in [0.1, 0.15) is 31.4 Å². The maximum Gasteiger partial charge on any atom is 0.336 e. The van der Waals surface area contributed by atoms with Crippen molar-refractivity contribution in [1.29, 1.82) is 0 Å². The SMILES string of the molecule is CC[C@H](C)[C@H](NC(=O)CNC(=O)COc1cc(C)cc2oc(=O)cc(C)c12)C(=O)[O-]. The molecule has 0 saturated carbocycles. The average Bonchev–Trinajstić information content (AvgIpc) is 2.66. The first-order valence-electron chi connectivity index (χ1n) is 9.57. The number of carboxylic acids is 1. The van der Waals surface area contributed by atoms with Crippen LogP contribution in [0.15, 0.2) is 27.4 Å². The van der Waals surface area contributed by atoms with Gasteiger partial charge in [-0.3, -0.25) is 9.59 Å². The van der Waals surface area contributed by atoms with E-state index in [1.54, 1.807) is 39.8 Å². The Morgan fingerprint density at radius 1 is 1.17 bits per heavy atom. The number of aryl methyl sites for hydroxylation is 2. The van der Waals surface area contributed by atoms with Gasteiger partial charge in [0, 0.05) is 6.07 Å². The van der Waals surface area contributed by atoms with Crippen LogP contribution < -0.4 is 26.1 Å². The number of hydrogen-bond donors (Lipinski definition) is 2. The number of carbonyl (C=O) groups is 3. The van der Waals surface area contributed by atoms with E-state index in [0.29, 0.717) is 28.7 Å². The van der Waals surface area contributed by atoms with E-state index >= 15 is 0 Å². The quantitative estimate of drug-likeness (QED) is 0.555. The zero-order chi connectivity index (χ0) is 22.4. The Kier molecular flexibility index (Phi) is 7.57. The molecule has 9 heteroatoms. The summed E-state index contributed by atoms with van der Waals surface area (Å²) in [4.78, 5) is 46.8. The number of nitrogens with one attached hydrogen (secondary N) is 2. The minimum atomic E-state index is -1.37. The van der Waals surface area contributed by atoms with Gasteiger partial charge in [0.25, 0.3) is 5.91 Å². The lowest BCUT2D eigenvalue weighted by Crippen LogP contribution is -2.53. The number of benzene rings is 1. The van der Waals surface area contributed by atoms with Gasteiger partial charge in [-0.05, 0) is 43.0 Å². The molecule has 2 N–H and O–H groups in total. The molecule has 0 bridgehead atoms.